The molecule has 0 fully saturated rings. The highest BCUT2D eigenvalue weighted by Crippen LogP contribution is 2.28. The zero-order chi connectivity index (χ0) is 12.4. The molecule has 17 heavy (non-hydrogen) atoms. The maximum absolute atomic E-state index is 10.9. The third-order valence-corrected chi connectivity index (χ3v) is 2.65. The summed E-state index contributed by atoms with van der Waals surface area (Å²) in [7, 11) is 0. The standard InChI is InChI=1S/C12H10N2O3/c13-4-10(16)12(17)8-2-1-3-9-11(8)7(6-15)5-14-9/h1-3,5-6,10,12,14,16-17H. The fraction of sp³-hybridized carbons (Fsp3) is 0.167. The SMILES string of the molecule is N#CC(O)C(O)c1cccc2[nH]cc(C=O)c12. The number of aromatic amines is 1. The predicted molar refractivity (Wildman–Crippen MR) is 60.3 cm³/mol. The van der Waals surface area contributed by atoms with Crippen LogP contribution < -0.4 is 0 Å². The van der Waals surface area contributed by atoms with Crippen LogP contribution in [0.3, 0.4) is 0 Å². The summed E-state index contributed by atoms with van der Waals surface area (Å²) in [5.74, 6) is 0. The van der Waals surface area contributed by atoms with Gasteiger partial charge in [-0.1, -0.05) is 12.1 Å². The van der Waals surface area contributed by atoms with E-state index in [1.54, 1.807) is 24.3 Å². The van der Waals surface area contributed by atoms with Crippen LogP contribution in [0.15, 0.2) is 24.4 Å². The van der Waals surface area contributed by atoms with Crippen LogP contribution in [-0.4, -0.2) is 27.6 Å². The monoisotopic (exact) mass is 230 g/mol. The van der Waals surface area contributed by atoms with Gasteiger partial charge >= 0.3 is 0 Å². The number of benzene rings is 1. The van der Waals surface area contributed by atoms with E-state index in [9.17, 15) is 15.0 Å². The zero-order valence-corrected chi connectivity index (χ0v) is 8.79. The van der Waals surface area contributed by atoms with Crippen molar-refractivity contribution in [2.45, 2.75) is 12.2 Å². The number of aliphatic hydroxyl groups is 2. The smallest absolute Gasteiger partial charge is 0.170 e. The van der Waals surface area contributed by atoms with E-state index in [-0.39, 0.29) is 0 Å². The third kappa shape index (κ3) is 1.80. The minimum atomic E-state index is -1.52. The Morgan fingerprint density at radius 1 is 1.41 bits per heavy atom. The molecule has 2 unspecified atom stereocenters. The number of aldehydes is 1. The highest BCUT2D eigenvalue weighted by Gasteiger charge is 2.21. The summed E-state index contributed by atoms with van der Waals surface area (Å²) >= 11 is 0. The van der Waals surface area contributed by atoms with Crippen molar-refractivity contribution in [1.29, 1.82) is 5.26 Å². The van der Waals surface area contributed by atoms with Crippen molar-refractivity contribution in [3.8, 4) is 6.07 Å². The first-order valence-corrected chi connectivity index (χ1v) is 5.00. The molecule has 1 aromatic heterocycles. The van der Waals surface area contributed by atoms with E-state index in [2.05, 4.69) is 4.98 Å². The van der Waals surface area contributed by atoms with E-state index in [4.69, 9.17) is 5.26 Å². The Balaban J connectivity index is 2.65. The molecule has 2 atom stereocenters. The van der Waals surface area contributed by atoms with Gasteiger partial charge in [-0.3, -0.25) is 4.79 Å². The van der Waals surface area contributed by atoms with Crippen LogP contribution in [0.2, 0.25) is 0 Å². The second-order valence-electron chi connectivity index (χ2n) is 3.65. The summed E-state index contributed by atoms with van der Waals surface area (Å²) in [6.45, 7) is 0. The molecule has 0 saturated heterocycles. The molecule has 5 nitrogen and oxygen atoms in total. The van der Waals surface area contributed by atoms with Gasteiger partial charge in [-0.15, -0.1) is 0 Å². The molecular formula is C12H10N2O3. The molecule has 2 rings (SSSR count). The number of rotatable bonds is 3. The number of H-pyrrole nitrogens is 1. The molecule has 0 radical (unpaired) electrons. The lowest BCUT2D eigenvalue weighted by molar-refractivity contribution is 0.0537. The van der Waals surface area contributed by atoms with E-state index in [0.717, 1.165) is 0 Å². The summed E-state index contributed by atoms with van der Waals surface area (Å²) in [5, 5.41) is 28.3. The van der Waals surface area contributed by atoms with Crippen molar-refractivity contribution in [3.05, 3.63) is 35.5 Å². The van der Waals surface area contributed by atoms with E-state index in [0.29, 0.717) is 28.3 Å². The number of nitriles is 1. The van der Waals surface area contributed by atoms with Crippen molar-refractivity contribution < 1.29 is 15.0 Å². The summed E-state index contributed by atoms with van der Waals surface area (Å²) in [5.41, 5.74) is 1.42. The molecule has 2 aromatic rings. The normalized spacial score (nSPS) is 14.2. The maximum Gasteiger partial charge on any atom is 0.170 e. The first-order valence-electron chi connectivity index (χ1n) is 5.00. The minimum Gasteiger partial charge on any atom is -0.385 e. The fourth-order valence-electron chi connectivity index (χ4n) is 1.82. The second-order valence-corrected chi connectivity index (χ2v) is 3.65. The van der Waals surface area contributed by atoms with Gasteiger partial charge in [0.15, 0.2) is 12.4 Å². The van der Waals surface area contributed by atoms with Crippen LogP contribution >= 0.6 is 0 Å². The molecule has 0 bridgehead atoms. The molecule has 1 heterocycles. The fourth-order valence-corrected chi connectivity index (χ4v) is 1.82. The molecule has 0 aliphatic carbocycles. The second kappa shape index (κ2) is 4.37. The molecule has 1 aromatic carbocycles. The number of nitrogens with one attached hydrogen (secondary N) is 1. The van der Waals surface area contributed by atoms with E-state index >= 15 is 0 Å². The molecule has 5 heteroatoms. The van der Waals surface area contributed by atoms with Gasteiger partial charge in [0.05, 0.1) is 6.07 Å². The maximum atomic E-state index is 10.9. The lowest BCUT2D eigenvalue weighted by Gasteiger charge is -2.13. The molecular weight excluding hydrogens is 220 g/mol. The highest BCUT2D eigenvalue weighted by atomic mass is 16.3. The number of fused-ring (bicyclic) bond motifs is 1. The van der Waals surface area contributed by atoms with Crippen LogP contribution in [0.5, 0.6) is 0 Å². The third-order valence-electron chi connectivity index (χ3n) is 2.65. The topological polar surface area (TPSA) is 97.1 Å². The first-order chi connectivity index (χ1) is 8.19. The van der Waals surface area contributed by atoms with Crippen LogP contribution in [0, 0.1) is 11.3 Å². The largest absolute Gasteiger partial charge is 0.385 e. The zero-order valence-electron chi connectivity index (χ0n) is 8.79. The van der Waals surface area contributed by atoms with Crippen LogP contribution in [0.25, 0.3) is 10.9 Å². The Morgan fingerprint density at radius 2 is 2.18 bits per heavy atom. The van der Waals surface area contributed by atoms with Gasteiger partial charge in [-0.05, 0) is 11.6 Å². The molecule has 0 saturated carbocycles. The molecule has 0 aliphatic rings. The van der Waals surface area contributed by atoms with E-state index < -0.39 is 12.2 Å². The molecule has 0 aliphatic heterocycles. The number of hydrogen-bond acceptors (Lipinski definition) is 4. The van der Waals surface area contributed by atoms with Crippen LogP contribution in [-0.2, 0) is 0 Å². The minimum absolute atomic E-state index is 0.361. The summed E-state index contributed by atoms with van der Waals surface area (Å²) in [6.07, 6.45) is -0.673. The molecule has 0 spiro atoms. The van der Waals surface area contributed by atoms with Gasteiger partial charge < -0.3 is 15.2 Å². The van der Waals surface area contributed by atoms with Gasteiger partial charge in [0.25, 0.3) is 0 Å². The Labute approximate surface area is 96.9 Å². The van der Waals surface area contributed by atoms with Crippen molar-refractivity contribution in [2.75, 3.05) is 0 Å². The number of carbonyl (C=O) groups is 1. The molecule has 3 N–H and O–H groups in total. The van der Waals surface area contributed by atoms with Gasteiger partial charge in [-0.25, -0.2) is 0 Å². The summed E-state index contributed by atoms with van der Waals surface area (Å²) < 4.78 is 0. The number of carbonyl (C=O) groups excluding carboxylic acids is 1. The van der Waals surface area contributed by atoms with Gasteiger partial charge in [0.2, 0.25) is 0 Å². The van der Waals surface area contributed by atoms with Crippen molar-refractivity contribution >= 4 is 17.2 Å². The Hall–Kier alpha value is -2.16. The predicted octanol–water partition coefficient (Wildman–Crippen LogP) is 0.898. The van der Waals surface area contributed by atoms with Crippen LogP contribution in [0.4, 0.5) is 0 Å². The van der Waals surface area contributed by atoms with Crippen molar-refractivity contribution in [2.24, 2.45) is 0 Å². The van der Waals surface area contributed by atoms with E-state index in [1.807, 2.05) is 0 Å². The Kier molecular flexibility index (Phi) is 2.91. The average Bonchev–Trinajstić information content (AvgIpc) is 2.79. The number of aromatic nitrogens is 1. The quantitative estimate of drug-likeness (QED) is 0.539. The molecule has 0 amide bonds. The first kappa shape index (κ1) is 11.3. The lowest BCUT2D eigenvalue weighted by atomic mass is 9.99. The van der Waals surface area contributed by atoms with Gasteiger partial charge in [0, 0.05) is 22.7 Å². The average molecular weight is 230 g/mol. The lowest BCUT2D eigenvalue weighted by Crippen LogP contribution is -2.16. The number of hydrogen-bond donors (Lipinski definition) is 3. The number of aliphatic hydroxyl groups excluding tert-OH is 2. The van der Waals surface area contributed by atoms with Gasteiger partial charge in [0.1, 0.15) is 6.10 Å². The van der Waals surface area contributed by atoms with E-state index in [1.165, 1.54) is 6.20 Å². The van der Waals surface area contributed by atoms with Gasteiger partial charge in [-0.2, -0.15) is 5.26 Å². The Bertz CT molecular complexity index is 597. The Morgan fingerprint density at radius 3 is 2.82 bits per heavy atom. The number of nitrogens with zero attached hydrogens (tertiary/aromatic N) is 1. The molecule has 86 valence electrons. The summed E-state index contributed by atoms with van der Waals surface area (Å²) in [6, 6.07) is 6.57. The summed E-state index contributed by atoms with van der Waals surface area (Å²) in [4.78, 5) is 13.8. The highest BCUT2D eigenvalue weighted by molar-refractivity contribution is 5.99. The van der Waals surface area contributed by atoms with Crippen molar-refractivity contribution in [3.63, 3.8) is 0 Å². The van der Waals surface area contributed by atoms with Crippen molar-refractivity contribution in [1.82, 2.24) is 4.98 Å². The van der Waals surface area contributed by atoms with Crippen LogP contribution in [0.1, 0.15) is 22.0 Å².